The highest BCUT2D eigenvalue weighted by Crippen LogP contribution is 2.36. The zero-order valence-electron chi connectivity index (χ0n) is 10.8. The topological polar surface area (TPSA) is 49.6 Å². The second-order valence-corrected chi connectivity index (χ2v) is 5.89. The van der Waals surface area contributed by atoms with E-state index in [2.05, 4.69) is 16.0 Å². The van der Waals surface area contributed by atoms with Crippen LogP contribution in [0.3, 0.4) is 0 Å². The minimum absolute atomic E-state index is 0.122. The van der Waals surface area contributed by atoms with E-state index < -0.39 is 5.41 Å². The summed E-state index contributed by atoms with van der Waals surface area (Å²) in [4.78, 5) is 8.12. The molecule has 1 aliphatic carbocycles. The van der Waals surface area contributed by atoms with Crippen molar-refractivity contribution < 1.29 is 0 Å². The molecule has 1 aliphatic rings. The maximum Gasteiger partial charge on any atom is 0.224 e. The third-order valence-electron chi connectivity index (χ3n) is 3.83. The van der Waals surface area contributed by atoms with Crippen molar-refractivity contribution >= 4 is 23.2 Å². The van der Waals surface area contributed by atoms with Crippen molar-refractivity contribution in [2.24, 2.45) is 0 Å². The number of hydrogen-bond acceptors (Lipinski definition) is 3. The Labute approximate surface area is 124 Å². The van der Waals surface area contributed by atoms with Gasteiger partial charge in [-0.1, -0.05) is 50.1 Å². The molecule has 0 aliphatic heterocycles. The van der Waals surface area contributed by atoms with Gasteiger partial charge in [-0.15, -0.1) is 0 Å². The van der Waals surface area contributed by atoms with Gasteiger partial charge in [0, 0.05) is 0 Å². The first-order valence-corrected chi connectivity index (χ1v) is 7.54. The number of rotatable bonds is 1. The van der Waals surface area contributed by atoms with Crippen LogP contribution in [0.4, 0.5) is 0 Å². The van der Waals surface area contributed by atoms with Crippen LogP contribution in [0, 0.1) is 11.3 Å². The Bertz CT molecular complexity index is 452. The Morgan fingerprint density at radius 3 is 2.11 bits per heavy atom. The van der Waals surface area contributed by atoms with Gasteiger partial charge < -0.3 is 0 Å². The van der Waals surface area contributed by atoms with Crippen LogP contribution in [0.2, 0.25) is 10.4 Å². The molecule has 0 atom stereocenters. The van der Waals surface area contributed by atoms with Crippen LogP contribution in [0.25, 0.3) is 0 Å². The SMILES string of the molecule is N#CC1(c2cc(Cl)nc(Cl)n2)CCCCCCCC1. The Morgan fingerprint density at radius 2 is 1.58 bits per heavy atom. The molecular weight excluding hydrogens is 281 g/mol. The second-order valence-electron chi connectivity index (χ2n) is 5.16. The van der Waals surface area contributed by atoms with Gasteiger partial charge in [0.1, 0.15) is 5.15 Å². The number of aromatic nitrogens is 2. The van der Waals surface area contributed by atoms with Crippen molar-refractivity contribution in [3.8, 4) is 6.07 Å². The fourth-order valence-corrected chi connectivity index (χ4v) is 3.15. The van der Waals surface area contributed by atoms with E-state index in [9.17, 15) is 5.26 Å². The molecule has 1 aromatic heterocycles. The fraction of sp³-hybridized carbons (Fsp3) is 0.643. The summed E-state index contributed by atoms with van der Waals surface area (Å²) in [6.07, 6.45) is 8.62. The van der Waals surface area contributed by atoms with Crippen LogP contribution in [0.15, 0.2) is 6.07 Å². The summed E-state index contributed by atoms with van der Waals surface area (Å²) in [5.41, 5.74) is 0.127. The lowest BCUT2D eigenvalue weighted by molar-refractivity contribution is 0.428. The van der Waals surface area contributed by atoms with Gasteiger partial charge in [-0.05, 0) is 30.5 Å². The molecule has 3 nitrogen and oxygen atoms in total. The van der Waals surface area contributed by atoms with E-state index >= 15 is 0 Å². The maximum atomic E-state index is 9.69. The Hall–Kier alpha value is -0.850. The fourth-order valence-electron chi connectivity index (χ4n) is 2.75. The molecule has 0 radical (unpaired) electrons. The first-order valence-electron chi connectivity index (χ1n) is 6.78. The van der Waals surface area contributed by atoms with Crippen LogP contribution in [0.1, 0.15) is 57.1 Å². The first kappa shape index (κ1) is 14.6. The lowest BCUT2D eigenvalue weighted by atomic mass is 9.77. The summed E-state index contributed by atoms with van der Waals surface area (Å²) in [6.45, 7) is 0. The van der Waals surface area contributed by atoms with E-state index in [4.69, 9.17) is 23.2 Å². The van der Waals surface area contributed by atoms with Crippen LogP contribution >= 0.6 is 23.2 Å². The number of hydrogen-bond donors (Lipinski definition) is 0. The van der Waals surface area contributed by atoms with Crippen molar-refractivity contribution in [1.82, 2.24) is 9.97 Å². The normalized spacial score (nSPS) is 19.8. The van der Waals surface area contributed by atoms with Gasteiger partial charge in [0.2, 0.25) is 5.28 Å². The van der Waals surface area contributed by atoms with Gasteiger partial charge in [0.05, 0.1) is 17.2 Å². The summed E-state index contributed by atoms with van der Waals surface area (Å²) in [5, 5.41) is 10.1. The molecule has 0 aromatic carbocycles. The molecule has 1 fully saturated rings. The maximum absolute atomic E-state index is 9.69. The highest BCUT2D eigenvalue weighted by atomic mass is 35.5. The lowest BCUT2D eigenvalue weighted by Gasteiger charge is -2.25. The molecule has 5 heteroatoms. The van der Waals surface area contributed by atoms with Crippen molar-refractivity contribution in [1.29, 1.82) is 5.26 Å². The molecular formula is C14H17Cl2N3. The van der Waals surface area contributed by atoms with E-state index in [0.717, 1.165) is 25.7 Å². The smallest absolute Gasteiger partial charge is 0.221 e. The summed E-state index contributed by atoms with van der Waals surface area (Å²) >= 11 is 11.8. The summed E-state index contributed by atoms with van der Waals surface area (Å²) < 4.78 is 0. The molecule has 0 amide bonds. The molecule has 0 unspecified atom stereocenters. The highest BCUT2D eigenvalue weighted by Gasteiger charge is 2.34. The third-order valence-corrected chi connectivity index (χ3v) is 4.19. The minimum Gasteiger partial charge on any atom is -0.221 e. The van der Waals surface area contributed by atoms with Crippen molar-refractivity contribution in [2.75, 3.05) is 0 Å². The summed E-state index contributed by atoms with van der Waals surface area (Å²) in [6, 6.07) is 4.17. The predicted molar refractivity (Wildman–Crippen MR) is 76.3 cm³/mol. The van der Waals surface area contributed by atoms with E-state index in [0.29, 0.717) is 10.8 Å². The number of halogens is 2. The Morgan fingerprint density at radius 1 is 1.00 bits per heavy atom. The average Bonchev–Trinajstić information content (AvgIpc) is 2.49. The second kappa shape index (κ2) is 6.54. The molecule has 0 N–H and O–H groups in total. The van der Waals surface area contributed by atoms with Crippen LogP contribution in [-0.4, -0.2) is 9.97 Å². The standard InChI is InChI=1S/C14H17Cl2N3/c15-12-9-11(18-13(16)19-12)14(10-17)7-5-3-1-2-4-6-8-14/h9H,1-8H2. The van der Waals surface area contributed by atoms with Gasteiger partial charge in [0.15, 0.2) is 0 Å². The van der Waals surface area contributed by atoms with E-state index in [-0.39, 0.29) is 5.28 Å². The van der Waals surface area contributed by atoms with Gasteiger partial charge in [-0.25, -0.2) is 9.97 Å². The molecule has 1 heterocycles. The Kier molecular flexibility index (Phi) is 5.01. The molecule has 19 heavy (non-hydrogen) atoms. The molecule has 2 rings (SSSR count). The van der Waals surface area contributed by atoms with Crippen LogP contribution in [0.5, 0.6) is 0 Å². The van der Waals surface area contributed by atoms with Crippen molar-refractivity contribution in [3.05, 3.63) is 22.2 Å². The largest absolute Gasteiger partial charge is 0.224 e. The Balaban J connectivity index is 2.35. The van der Waals surface area contributed by atoms with E-state index in [1.807, 2.05) is 0 Å². The average molecular weight is 298 g/mol. The first-order chi connectivity index (χ1) is 9.16. The summed E-state index contributed by atoms with van der Waals surface area (Å²) in [7, 11) is 0. The van der Waals surface area contributed by atoms with Crippen molar-refractivity contribution in [2.45, 2.75) is 56.8 Å². The van der Waals surface area contributed by atoms with Gasteiger partial charge in [-0.2, -0.15) is 5.26 Å². The molecule has 0 spiro atoms. The van der Waals surface area contributed by atoms with Gasteiger partial charge in [-0.3, -0.25) is 0 Å². The van der Waals surface area contributed by atoms with Gasteiger partial charge >= 0.3 is 0 Å². The number of nitrogens with zero attached hydrogens (tertiary/aromatic N) is 3. The molecule has 1 saturated carbocycles. The molecule has 0 bridgehead atoms. The lowest BCUT2D eigenvalue weighted by Crippen LogP contribution is -2.26. The molecule has 0 saturated heterocycles. The van der Waals surface area contributed by atoms with Crippen molar-refractivity contribution in [3.63, 3.8) is 0 Å². The molecule has 1 aromatic rings. The minimum atomic E-state index is -0.555. The number of nitriles is 1. The monoisotopic (exact) mass is 297 g/mol. The van der Waals surface area contributed by atoms with E-state index in [1.54, 1.807) is 6.07 Å². The molecule has 102 valence electrons. The zero-order valence-corrected chi connectivity index (χ0v) is 12.3. The van der Waals surface area contributed by atoms with E-state index in [1.165, 1.54) is 25.7 Å². The highest BCUT2D eigenvalue weighted by molar-refractivity contribution is 6.31. The zero-order chi connectivity index (χ0) is 13.7. The van der Waals surface area contributed by atoms with Gasteiger partial charge in [0.25, 0.3) is 0 Å². The quantitative estimate of drug-likeness (QED) is 0.558. The predicted octanol–water partition coefficient (Wildman–Crippen LogP) is 4.68. The van der Waals surface area contributed by atoms with Crippen LogP contribution < -0.4 is 0 Å². The summed E-state index contributed by atoms with van der Waals surface area (Å²) in [5.74, 6) is 0. The third kappa shape index (κ3) is 3.58. The van der Waals surface area contributed by atoms with Crippen LogP contribution in [-0.2, 0) is 5.41 Å².